The van der Waals surface area contributed by atoms with E-state index in [9.17, 15) is 4.57 Å². The summed E-state index contributed by atoms with van der Waals surface area (Å²) in [6, 6.07) is 14.5. The first-order valence-electron chi connectivity index (χ1n) is 12.9. The smallest absolute Gasteiger partial charge is 0.330 e. The van der Waals surface area contributed by atoms with Gasteiger partial charge in [-0.3, -0.25) is 9.55 Å². The van der Waals surface area contributed by atoms with E-state index in [1.54, 1.807) is 0 Å². The molecular formula is C29H36N3O4P. The summed E-state index contributed by atoms with van der Waals surface area (Å²) in [4.78, 5) is 9.11. The summed E-state index contributed by atoms with van der Waals surface area (Å²) in [6.07, 6.45) is 4.50. The molecule has 37 heavy (non-hydrogen) atoms. The zero-order valence-corrected chi connectivity index (χ0v) is 23.0. The molecule has 0 amide bonds. The summed E-state index contributed by atoms with van der Waals surface area (Å²) < 4.78 is 29.2. The second kappa shape index (κ2) is 12.0. The van der Waals surface area contributed by atoms with Crippen LogP contribution in [-0.2, 0) is 26.5 Å². The lowest BCUT2D eigenvalue weighted by atomic mass is 9.96. The lowest BCUT2D eigenvalue weighted by Gasteiger charge is -2.17. The number of fused-ring (bicyclic) bond motifs is 3. The largest absolute Gasteiger partial charge is 0.494 e. The van der Waals surface area contributed by atoms with Crippen LogP contribution in [0.2, 0.25) is 0 Å². The minimum Gasteiger partial charge on any atom is -0.494 e. The van der Waals surface area contributed by atoms with Crippen molar-refractivity contribution >= 4 is 35.2 Å². The lowest BCUT2D eigenvalue weighted by molar-refractivity contribution is 0.216. The van der Waals surface area contributed by atoms with Crippen molar-refractivity contribution in [3.8, 4) is 5.75 Å². The van der Waals surface area contributed by atoms with E-state index in [2.05, 4.69) is 60.2 Å². The zero-order chi connectivity index (χ0) is 26.4. The molecule has 2 aromatic carbocycles. The highest BCUT2D eigenvalue weighted by Gasteiger charge is 2.22. The molecule has 0 saturated carbocycles. The normalized spacial score (nSPS) is 11.9. The predicted octanol–water partition coefficient (Wildman–Crippen LogP) is 6.80. The van der Waals surface area contributed by atoms with Crippen molar-refractivity contribution < 1.29 is 18.3 Å². The van der Waals surface area contributed by atoms with Crippen LogP contribution in [0.15, 0.2) is 48.7 Å². The van der Waals surface area contributed by atoms with Gasteiger partial charge in [-0.2, -0.15) is 0 Å². The molecule has 2 aromatic heterocycles. The number of pyridine rings is 2. The van der Waals surface area contributed by atoms with Crippen LogP contribution in [0.25, 0.3) is 21.8 Å². The van der Waals surface area contributed by atoms with Gasteiger partial charge in [0.25, 0.3) is 0 Å². The van der Waals surface area contributed by atoms with Gasteiger partial charge in [-0.1, -0.05) is 18.2 Å². The zero-order valence-electron chi connectivity index (χ0n) is 22.1. The van der Waals surface area contributed by atoms with Crippen LogP contribution in [0, 0.1) is 13.8 Å². The maximum Gasteiger partial charge on any atom is 0.330 e. The van der Waals surface area contributed by atoms with Crippen LogP contribution in [0.3, 0.4) is 0 Å². The fourth-order valence-corrected chi connectivity index (χ4v) is 6.29. The van der Waals surface area contributed by atoms with Crippen LogP contribution in [-0.4, -0.2) is 36.0 Å². The highest BCUT2D eigenvalue weighted by molar-refractivity contribution is 7.53. The molecule has 0 saturated heterocycles. The van der Waals surface area contributed by atoms with Crippen LogP contribution in [0.1, 0.15) is 42.5 Å². The van der Waals surface area contributed by atoms with Crippen molar-refractivity contribution in [2.75, 3.05) is 31.7 Å². The minimum absolute atomic E-state index is 0.347. The maximum absolute atomic E-state index is 12.6. The van der Waals surface area contributed by atoms with Crippen molar-refractivity contribution in [1.82, 2.24) is 9.97 Å². The Morgan fingerprint density at radius 3 is 2.43 bits per heavy atom. The molecular weight excluding hydrogens is 485 g/mol. The third-order valence-corrected chi connectivity index (χ3v) is 8.58. The number of benzene rings is 2. The van der Waals surface area contributed by atoms with Gasteiger partial charge in [0.2, 0.25) is 0 Å². The third kappa shape index (κ3) is 6.48. The van der Waals surface area contributed by atoms with Crippen molar-refractivity contribution in [2.24, 2.45) is 0 Å². The summed E-state index contributed by atoms with van der Waals surface area (Å²) in [5, 5.41) is 2.16. The summed E-state index contributed by atoms with van der Waals surface area (Å²) in [5.74, 6) is 1.27. The van der Waals surface area contributed by atoms with E-state index in [0.717, 1.165) is 46.0 Å². The predicted molar refractivity (Wildman–Crippen MR) is 151 cm³/mol. The first-order valence-corrected chi connectivity index (χ1v) is 14.6. The highest BCUT2D eigenvalue weighted by atomic mass is 31.2. The Morgan fingerprint density at radius 1 is 0.946 bits per heavy atom. The van der Waals surface area contributed by atoms with E-state index < -0.39 is 7.60 Å². The molecule has 196 valence electrons. The molecule has 0 fully saturated rings. The maximum atomic E-state index is 12.6. The molecule has 8 heteroatoms. The molecule has 0 aliphatic carbocycles. The Balaban J connectivity index is 1.44. The Bertz CT molecular complexity index is 1430. The number of nitrogen functional groups attached to an aromatic ring is 1. The van der Waals surface area contributed by atoms with Gasteiger partial charge < -0.3 is 19.5 Å². The molecule has 2 N–H and O–H groups in total. The number of hydrogen-bond donors (Lipinski definition) is 1. The van der Waals surface area contributed by atoms with Crippen molar-refractivity contribution in [3.05, 3.63) is 70.9 Å². The van der Waals surface area contributed by atoms with E-state index in [1.807, 2.05) is 26.1 Å². The monoisotopic (exact) mass is 521 g/mol. The summed E-state index contributed by atoms with van der Waals surface area (Å²) in [5.41, 5.74) is 12.7. The molecule has 0 bridgehead atoms. The number of ether oxygens (including phenoxy) is 1. The SMILES string of the molecule is CCOP(=O)(CCCOc1ccc(CCc2ccnc3c(N)nc4cc(C)ccc4c23)c(C)c1)OCC. The Kier molecular flexibility index (Phi) is 8.80. The molecule has 0 atom stereocenters. The summed E-state index contributed by atoms with van der Waals surface area (Å²) in [6.45, 7) is 8.99. The average Bonchev–Trinajstić information content (AvgIpc) is 2.86. The van der Waals surface area contributed by atoms with Gasteiger partial charge in [0.05, 0.1) is 31.5 Å². The molecule has 0 aliphatic heterocycles. The van der Waals surface area contributed by atoms with E-state index in [1.165, 1.54) is 16.7 Å². The number of aromatic nitrogens is 2. The molecule has 0 spiro atoms. The van der Waals surface area contributed by atoms with Gasteiger partial charge in [0.15, 0.2) is 5.82 Å². The van der Waals surface area contributed by atoms with Crippen LogP contribution >= 0.6 is 7.60 Å². The summed E-state index contributed by atoms with van der Waals surface area (Å²) >= 11 is 0. The topological polar surface area (TPSA) is 96.6 Å². The van der Waals surface area contributed by atoms with E-state index >= 15 is 0 Å². The Hall–Kier alpha value is -2.99. The lowest BCUT2D eigenvalue weighted by Crippen LogP contribution is -2.05. The van der Waals surface area contributed by atoms with Crippen LogP contribution in [0.5, 0.6) is 5.75 Å². The molecule has 7 nitrogen and oxygen atoms in total. The molecule has 0 aliphatic rings. The van der Waals surface area contributed by atoms with Gasteiger partial charge in [-0.15, -0.1) is 0 Å². The standard InChI is InChI=1S/C29H36N3O4P/c1-5-35-37(33,36-6-2)17-7-16-34-24-12-11-22(21(4)19-24)9-10-23-14-15-31-28-27(23)25-13-8-20(3)18-26(25)32-29(28)30/h8,11-15,18-19H,5-7,9-10,16-17H2,1-4H3,(H2,30,32). The second-order valence-corrected chi connectivity index (χ2v) is 11.4. The highest BCUT2D eigenvalue weighted by Crippen LogP contribution is 2.48. The number of hydrogen-bond acceptors (Lipinski definition) is 7. The number of rotatable bonds is 12. The van der Waals surface area contributed by atoms with E-state index in [0.29, 0.717) is 38.2 Å². The minimum atomic E-state index is -3.03. The molecule has 2 heterocycles. The van der Waals surface area contributed by atoms with Crippen LogP contribution in [0.4, 0.5) is 5.82 Å². The number of aryl methyl sites for hydroxylation is 4. The quantitative estimate of drug-likeness (QED) is 0.124. The van der Waals surface area contributed by atoms with E-state index in [4.69, 9.17) is 19.5 Å². The van der Waals surface area contributed by atoms with Gasteiger partial charge in [0, 0.05) is 17.0 Å². The average molecular weight is 522 g/mol. The number of nitrogens with zero attached hydrogens (tertiary/aromatic N) is 2. The summed E-state index contributed by atoms with van der Waals surface area (Å²) in [7, 11) is -3.03. The first-order chi connectivity index (χ1) is 17.8. The molecule has 0 unspecified atom stereocenters. The van der Waals surface area contributed by atoms with Gasteiger partial charge in [0.1, 0.15) is 11.3 Å². The Labute approximate surface area is 218 Å². The fourth-order valence-electron chi connectivity index (χ4n) is 4.65. The van der Waals surface area contributed by atoms with Crippen molar-refractivity contribution in [2.45, 2.75) is 47.0 Å². The fraction of sp³-hybridized carbons (Fsp3) is 0.379. The Morgan fingerprint density at radius 2 is 1.70 bits per heavy atom. The molecule has 0 radical (unpaired) electrons. The second-order valence-electron chi connectivity index (χ2n) is 9.17. The van der Waals surface area contributed by atoms with Gasteiger partial charge >= 0.3 is 7.60 Å². The first kappa shape index (κ1) is 27.1. The van der Waals surface area contributed by atoms with E-state index in [-0.39, 0.29) is 0 Å². The van der Waals surface area contributed by atoms with Gasteiger partial charge in [-0.05, 0) is 93.5 Å². The number of anilines is 1. The van der Waals surface area contributed by atoms with Gasteiger partial charge in [-0.25, -0.2) is 4.98 Å². The van der Waals surface area contributed by atoms with Crippen LogP contribution < -0.4 is 10.5 Å². The van der Waals surface area contributed by atoms with Crippen molar-refractivity contribution in [3.63, 3.8) is 0 Å². The van der Waals surface area contributed by atoms with Crippen molar-refractivity contribution in [1.29, 1.82) is 0 Å². The molecule has 4 aromatic rings. The third-order valence-electron chi connectivity index (χ3n) is 6.42. The molecule has 4 rings (SSSR count). The number of nitrogens with two attached hydrogens (primary N) is 1.